The lowest BCUT2D eigenvalue weighted by molar-refractivity contribution is 1.21. The summed E-state index contributed by atoms with van der Waals surface area (Å²) in [5.74, 6) is 0. The van der Waals surface area contributed by atoms with Gasteiger partial charge in [-0.3, -0.25) is 9.78 Å². The van der Waals surface area contributed by atoms with Crippen LogP contribution in [0.2, 0.25) is 0 Å². The molecule has 14 heavy (non-hydrogen) atoms. The summed E-state index contributed by atoms with van der Waals surface area (Å²) in [7, 11) is 0. The van der Waals surface area contributed by atoms with Gasteiger partial charge in [-0.15, -0.1) is 0 Å². The van der Waals surface area contributed by atoms with Crippen LogP contribution in [0.4, 0.5) is 0 Å². The molecule has 70 valence electrons. The maximum atomic E-state index is 11.0. The van der Waals surface area contributed by atoms with Gasteiger partial charge in [-0.05, 0) is 30.2 Å². The van der Waals surface area contributed by atoms with Gasteiger partial charge < -0.3 is 4.98 Å². The topological polar surface area (TPSA) is 45.8 Å². The predicted molar refractivity (Wildman–Crippen MR) is 55.0 cm³/mol. The third-order valence-corrected chi connectivity index (χ3v) is 2.12. The molecule has 0 fully saturated rings. The van der Waals surface area contributed by atoms with Crippen LogP contribution in [0.1, 0.15) is 5.56 Å². The number of H-pyrrole nitrogens is 1. The molecule has 0 saturated carbocycles. The van der Waals surface area contributed by atoms with E-state index < -0.39 is 0 Å². The molecule has 0 bridgehead atoms. The highest BCUT2D eigenvalue weighted by atomic mass is 16.1. The van der Waals surface area contributed by atoms with E-state index in [0.717, 1.165) is 16.7 Å². The second-order valence-electron chi connectivity index (χ2n) is 3.13. The van der Waals surface area contributed by atoms with Crippen LogP contribution in [-0.2, 0) is 0 Å². The Labute approximate surface area is 81.5 Å². The molecule has 0 unspecified atom stereocenters. The average molecular weight is 186 g/mol. The van der Waals surface area contributed by atoms with Crippen LogP contribution in [0.15, 0.2) is 41.6 Å². The highest BCUT2D eigenvalue weighted by molar-refractivity contribution is 5.65. The summed E-state index contributed by atoms with van der Waals surface area (Å²) >= 11 is 0. The lowest BCUT2D eigenvalue weighted by Gasteiger charge is -2.03. The Kier molecular flexibility index (Phi) is 2.14. The summed E-state index contributed by atoms with van der Waals surface area (Å²) in [6.07, 6.45) is 5.20. The molecular formula is C11H10N2O. The minimum Gasteiger partial charge on any atom is -0.328 e. The molecule has 0 spiro atoms. The SMILES string of the molecule is Cc1cc(=O)[nH]cc1-c1ccncc1. The molecule has 0 aliphatic heterocycles. The van der Waals surface area contributed by atoms with Gasteiger partial charge in [-0.25, -0.2) is 0 Å². The Morgan fingerprint density at radius 2 is 2.00 bits per heavy atom. The monoisotopic (exact) mass is 186 g/mol. The van der Waals surface area contributed by atoms with Crippen LogP contribution in [0.3, 0.4) is 0 Å². The van der Waals surface area contributed by atoms with Crippen molar-refractivity contribution in [1.29, 1.82) is 0 Å². The Balaban J connectivity index is 2.58. The summed E-state index contributed by atoms with van der Waals surface area (Å²) in [6.45, 7) is 1.92. The Morgan fingerprint density at radius 1 is 1.29 bits per heavy atom. The van der Waals surface area contributed by atoms with Crippen molar-refractivity contribution >= 4 is 0 Å². The van der Waals surface area contributed by atoms with Crippen LogP contribution in [0, 0.1) is 6.92 Å². The molecule has 2 heterocycles. The van der Waals surface area contributed by atoms with Crippen LogP contribution in [0.25, 0.3) is 11.1 Å². The third-order valence-electron chi connectivity index (χ3n) is 2.12. The first-order chi connectivity index (χ1) is 6.77. The molecule has 2 aromatic heterocycles. The van der Waals surface area contributed by atoms with Gasteiger partial charge in [-0.2, -0.15) is 0 Å². The molecule has 2 aromatic rings. The number of hydrogen-bond donors (Lipinski definition) is 1. The maximum absolute atomic E-state index is 11.0. The minimum absolute atomic E-state index is 0.0692. The molecule has 3 heteroatoms. The quantitative estimate of drug-likeness (QED) is 0.737. The van der Waals surface area contributed by atoms with Gasteiger partial charge in [0, 0.05) is 30.2 Å². The number of aryl methyl sites for hydroxylation is 1. The largest absolute Gasteiger partial charge is 0.328 e. The van der Waals surface area contributed by atoms with Crippen LogP contribution in [0.5, 0.6) is 0 Å². The Hall–Kier alpha value is -1.90. The highest BCUT2D eigenvalue weighted by Crippen LogP contribution is 2.19. The van der Waals surface area contributed by atoms with E-state index in [0.29, 0.717) is 0 Å². The molecule has 0 aliphatic rings. The molecule has 0 aromatic carbocycles. The lowest BCUT2D eigenvalue weighted by Crippen LogP contribution is -2.04. The van der Waals surface area contributed by atoms with Gasteiger partial charge in [-0.1, -0.05) is 0 Å². The van der Waals surface area contributed by atoms with Gasteiger partial charge in [0.15, 0.2) is 0 Å². The molecular weight excluding hydrogens is 176 g/mol. The number of aromatic nitrogens is 2. The van der Waals surface area contributed by atoms with Crippen molar-refractivity contribution in [1.82, 2.24) is 9.97 Å². The van der Waals surface area contributed by atoms with Crippen molar-refractivity contribution in [2.45, 2.75) is 6.92 Å². The standard InChI is InChI=1S/C11H10N2O/c1-8-6-11(14)13-7-10(8)9-2-4-12-5-3-9/h2-7H,1H3,(H,13,14). The molecule has 3 nitrogen and oxygen atoms in total. The van der Waals surface area contributed by atoms with Crippen LogP contribution < -0.4 is 5.56 Å². The fourth-order valence-corrected chi connectivity index (χ4v) is 1.42. The van der Waals surface area contributed by atoms with Crippen molar-refractivity contribution in [2.75, 3.05) is 0 Å². The second kappa shape index (κ2) is 3.46. The number of hydrogen-bond acceptors (Lipinski definition) is 2. The predicted octanol–water partition coefficient (Wildman–Crippen LogP) is 1.75. The van der Waals surface area contributed by atoms with E-state index in [1.165, 1.54) is 0 Å². The number of rotatable bonds is 1. The number of nitrogens with one attached hydrogen (secondary N) is 1. The smallest absolute Gasteiger partial charge is 0.248 e. The van der Waals surface area contributed by atoms with E-state index in [2.05, 4.69) is 9.97 Å². The lowest BCUT2D eigenvalue weighted by atomic mass is 10.1. The summed E-state index contributed by atoms with van der Waals surface area (Å²) < 4.78 is 0. The van der Waals surface area contributed by atoms with Crippen molar-refractivity contribution < 1.29 is 0 Å². The zero-order chi connectivity index (χ0) is 9.97. The van der Waals surface area contributed by atoms with Gasteiger partial charge >= 0.3 is 0 Å². The molecule has 2 rings (SSSR count). The van der Waals surface area contributed by atoms with E-state index >= 15 is 0 Å². The first-order valence-electron chi connectivity index (χ1n) is 4.37. The van der Waals surface area contributed by atoms with Crippen LogP contribution in [-0.4, -0.2) is 9.97 Å². The van der Waals surface area contributed by atoms with E-state index in [-0.39, 0.29) is 5.56 Å². The minimum atomic E-state index is -0.0692. The zero-order valence-electron chi connectivity index (χ0n) is 7.82. The molecule has 0 amide bonds. The number of aromatic amines is 1. The van der Waals surface area contributed by atoms with Crippen molar-refractivity contribution in [3.8, 4) is 11.1 Å². The van der Waals surface area contributed by atoms with Gasteiger partial charge in [0.05, 0.1) is 0 Å². The summed E-state index contributed by atoms with van der Waals surface area (Å²) in [6, 6.07) is 5.43. The first kappa shape index (κ1) is 8.69. The maximum Gasteiger partial charge on any atom is 0.248 e. The zero-order valence-corrected chi connectivity index (χ0v) is 7.82. The van der Waals surface area contributed by atoms with Crippen molar-refractivity contribution in [3.63, 3.8) is 0 Å². The van der Waals surface area contributed by atoms with E-state index in [1.54, 1.807) is 24.7 Å². The van der Waals surface area contributed by atoms with E-state index in [1.807, 2.05) is 19.1 Å². The summed E-state index contributed by atoms with van der Waals surface area (Å²) in [4.78, 5) is 17.6. The van der Waals surface area contributed by atoms with Gasteiger partial charge in [0.2, 0.25) is 5.56 Å². The van der Waals surface area contributed by atoms with Gasteiger partial charge in [0.1, 0.15) is 0 Å². The highest BCUT2D eigenvalue weighted by Gasteiger charge is 2.00. The molecule has 0 atom stereocenters. The second-order valence-corrected chi connectivity index (χ2v) is 3.13. The Bertz CT molecular complexity index is 488. The summed E-state index contributed by atoms with van der Waals surface area (Å²) in [5.41, 5.74) is 3.00. The van der Waals surface area contributed by atoms with E-state index in [9.17, 15) is 4.79 Å². The molecule has 0 radical (unpaired) electrons. The normalized spacial score (nSPS) is 10.1. The molecule has 0 saturated heterocycles. The van der Waals surface area contributed by atoms with Crippen molar-refractivity contribution in [2.24, 2.45) is 0 Å². The van der Waals surface area contributed by atoms with E-state index in [4.69, 9.17) is 0 Å². The molecule has 0 aliphatic carbocycles. The number of pyridine rings is 2. The number of nitrogens with zero attached hydrogens (tertiary/aromatic N) is 1. The Morgan fingerprint density at radius 3 is 2.64 bits per heavy atom. The fraction of sp³-hybridized carbons (Fsp3) is 0.0909. The first-order valence-corrected chi connectivity index (χ1v) is 4.37. The fourth-order valence-electron chi connectivity index (χ4n) is 1.42. The van der Waals surface area contributed by atoms with Crippen molar-refractivity contribution in [3.05, 3.63) is 52.7 Å². The average Bonchev–Trinajstić information content (AvgIpc) is 2.19. The van der Waals surface area contributed by atoms with Gasteiger partial charge in [0.25, 0.3) is 0 Å². The third kappa shape index (κ3) is 1.57. The molecule has 1 N–H and O–H groups in total. The van der Waals surface area contributed by atoms with Crippen LogP contribution >= 0.6 is 0 Å². The summed E-state index contributed by atoms with van der Waals surface area (Å²) in [5, 5.41) is 0.